The number of hydrogen-bond donors (Lipinski definition) is 1. The van der Waals surface area contributed by atoms with Crippen LogP contribution in [0.25, 0.3) is 11.1 Å². The lowest BCUT2D eigenvalue weighted by atomic mass is 10.1. The zero-order valence-electron chi connectivity index (χ0n) is 11.1. The fourth-order valence-corrected chi connectivity index (χ4v) is 1.70. The highest BCUT2D eigenvalue weighted by Gasteiger charge is 2.02. The smallest absolute Gasteiger partial charge is 0.317 e. The van der Waals surface area contributed by atoms with Gasteiger partial charge in [-0.1, -0.05) is 24.3 Å². The van der Waals surface area contributed by atoms with Gasteiger partial charge in [-0.05, 0) is 28.8 Å². The molecule has 4 nitrogen and oxygen atoms in total. The molecule has 0 spiro atoms. The summed E-state index contributed by atoms with van der Waals surface area (Å²) in [6.07, 6.45) is 3.56. The Kier molecular flexibility index (Phi) is 4.13. The van der Waals surface area contributed by atoms with Crippen molar-refractivity contribution in [2.45, 2.75) is 6.54 Å². The van der Waals surface area contributed by atoms with Gasteiger partial charge in [0.05, 0.1) is 0 Å². The Hall–Kier alpha value is -2.36. The number of hydrogen-bond acceptors (Lipinski definition) is 2. The minimum atomic E-state index is -0.0850. The molecule has 1 aromatic heterocycles. The topological polar surface area (TPSA) is 45.2 Å². The van der Waals surface area contributed by atoms with Crippen molar-refractivity contribution in [3.05, 3.63) is 54.4 Å². The van der Waals surface area contributed by atoms with Gasteiger partial charge in [-0.15, -0.1) is 0 Å². The Bertz CT molecular complexity index is 535. The van der Waals surface area contributed by atoms with Crippen molar-refractivity contribution in [2.75, 3.05) is 14.1 Å². The van der Waals surface area contributed by atoms with E-state index in [1.807, 2.05) is 36.4 Å². The molecule has 0 aliphatic carbocycles. The summed E-state index contributed by atoms with van der Waals surface area (Å²) in [5.41, 5.74) is 3.36. The van der Waals surface area contributed by atoms with Crippen LogP contribution >= 0.6 is 0 Å². The van der Waals surface area contributed by atoms with Crippen LogP contribution in [-0.4, -0.2) is 30.0 Å². The molecular formula is C15H17N3O. The number of pyridine rings is 1. The number of nitrogens with one attached hydrogen (secondary N) is 1. The molecule has 2 amide bonds. The van der Waals surface area contributed by atoms with Crippen molar-refractivity contribution in [1.82, 2.24) is 15.2 Å². The van der Waals surface area contributed by atoms with Gasteiger partial charge in [0.25, 0.3) is 0 Å². The molecule has 2 aromatic rings. The fraction of sp³-hybridized carbons (Fsp3) is 0.200. The van der Waals surface area contributed by atoms with Crippen LogP contribution in [0.4, 0.5) is 4.79 Å². The first-order valence-electron chi connectivity index (χ1n) is 6.11. The Morgan fingerprint density at radius 1 is 1.05 bits per heavy atom. The Morgan fingerprint density at radius 3 is 2.21 bits per heavy atom. The van der Waals surface area contributed by atoms with Gasteiger partial charge in [0, 0.05) is 33.0 Å². The quantitative estimate of drug-likeness (QED) is 0.916. The molecule has 1 aromatic carbocycles. The van der Waals surface area contributed by atoms with Gasteiger partial charge in [-0.3, -0.25) is 4.98 Å². The molecule has 0 fully saturated rings. The van der Waals surface area contributed by atoms with E-state index >= 15 is 0 Å². The normalized spacial score (nSPS) is 10.0. The molecule has 0 saturated heterocycles. The lowest BCUT2D eigenvalue weighted by Crippen LogP contribution is -2.33. The summed E-state index contributed by atoms with van der Waals surface area (Å²) < 4.78 is 0. The monoisotopic (exact) mass is 255 g/mol. The number of rotatable bonds is 3. The van der Waals surface area contributed by atoms with E-state index in [9.17, 15) is 4.79 Å². The summed E-state index contributed by atoms with van der Waals surface area (Å²) in [6, 6.07) is 12.0. The summed E-state index contributed by atoms with van der Waals surface area (Å²) in [4.78, 5) is 16.9. The van der Waals surface area contributed by atoms with Crippen LogP contribution in [0, 0.1) is 0 Å². The van der Waals surface area contributed by atoms with Gasteiger partial charge >= 0.3 is 6.03 Å². The highest BCUT2D eigenvalue weighted by molar-refractivity contribution is 5.73. The standard InChI is InChI=1S/C15H17N3O/c1-18(2)15(19)17-11-12-3-5-13(6-4-12)14-7-9-16-10-8-14/h3-10H,11H2,1-2H3,(H,17,19). The van der Waals surface area contributed by atoms with Gasteiger partial charge in [0.15, 0.2) is 0 Å². The van der Waals surface area contributed by atoms with Crippen molar-refractivity contribution in [1.29, 1.82) is 0 Å². The maximum atomic E-state index is 11.4. The second kappa shape index (κ2) is 6.00. The molecule has 1 N–H and O–H groups in total. The van der Waals surface area contributed by atoms with Gasteiger partial charge in [0.2, 0.25) is 0 Å². The summed E-state index contributed by atoms with van der Waals surface area (Å²) in [7, 11) is 3.45. The predicted molar refractivity (Wildman–Crippen MR) is 75.6 cm³/mol. The number of urea groups is 1. The van der Waals surface area contributed by atoms with E-state index < -0.39 is 0 Å². The SMILES string of the molecule is CN(C)C(=O)NCc1ccc(-c2ccncc2)cc1. The maximum absolute atomic E-state index is 11.4. The average molecular weight is 255 g/mol. The molecule has 0 atom stereocenters. The highest BCUT2D eigenvalue weighted by Crippen LogP contribution is 2.18. The van der Waals surface area contributed by atoms with Crippen LogP contribution in [0.1, 0.15) is 5.56 Å². The predicted octanol–water partition coefficient (Wildman–Crippen LogP) is 2.52. The zero-order valence-corrected chi connectivity index (χ0v) is 11.1. The van der Waals surface area contributed by atoms with Gasteiger partial charge < -0.3 is 10.2 Å². The van der Waals surface area contributed by atoms with E-state index in [1.54, 1.807) is 26.5 Å². The third-order valence-corrected chi connectivity index (χ3v) is 2.82. The van der Waals surface area contributed by atoms with Crippen molar-refractivity contribution in [3.63, 3.8) is 0 Å². The van der Waals surface area contributed by atoms with Gasteiger partial charge in [-0.25, -0.2) is 4.79 Å². The molecule has 0 unspecified atom stereocenters. The lowest BCUT2D eigenvalue weighted by Gasteiger charge is -2.12. The highest BCUT2D eigenvalue weighted by atomic mass is 16.2. The summed E-state index contributed by atoms with van der Waals surface area (Å²) in [6.45, 7) is 0.535. The molecule has 0 bridgehead atoms. The number of carbonyl (C=O) groups is 1. The fourth-order valence-electron chi connectivity index (χ4n) is 1.70. The zero-order chi connectivity index (χ0) is 13.7. The van der Waals surface area contributed by atoms with Crippen molar-refractivity contribution in [2.24, 2.45) is 0 Å². The summed E-state index contributed by atoms with van der Waals surface area (Å²) in [5, 5.41) is 2.83. The molecule has 0 radical (unpaired) electrons. The minimum Gasteiger partial charge on any atom is -0.334 e. The van der Waals surface area contributed by atoms with Crippen molar-refractivity contribution in [3.8, 4) is 11.1 Å². The molecule has 1 heterocycles. The van der Waals surface area contributed by atoms with Crippen LogP contribution in [-0.2, 0) is 6.54 Å². The minimum absolute atomic E-state index is 0.0850. The number of amides is 2. The van der Waals surface area contributed by atoms with E-state index in [0.29, 0.717) is 6.54 Å². The number of carbonyl (C=O) groups excluding carboxylic acids is 1. The first-order chi connectivity index (χ1) is 9.16. The molecule has 0 aliphatic rings. The Morgan fingerprint density at radius 2 is 1.63 bits per heavy atom. The van der Waals surface area contributed by atoms with Crippen LogP contribution in [0.15, 0.2) is 48.8 Å². The molecular weight excluding hydrogens is 238 g/mol. The molecule has 19 heavy (non-hydrogen) atoms. The number of benzene rings is 1. The Labute approximate surface area is 113 Å². The van der Waals surface area contributed by atoms with E-state index in [4.69, 9.17) is 0 Å². The largest absolute Gasteiger partial charge is 0.334 e. The summed E-state index contributed by atoms with van der Waals surface area (Å²) >= 11 is 0. The average Bonchev–Trinajstić information content (AvgIpc) is 2.46. The van der Waals surface area contributed by atoms with E-state index in [0.717, 1.165) is 16.7 Å². The second-order valence-corrected chi connectivity index (χ2v) is 4.49. The molecule has 98 valence electrons. The van der Waals surface area contributed by atoms with E-state index in [1.165, 1.54) is 4.90 Å². The Balaban J connectivity index is 2.01. The first-order valence-corrected chi connectivity index (χ1v) is 6.11. The lowest BCUT2D eigenvalue weighted by molar-refractivity contribution is 0.217. The van der Waals surface area contributed by atoms with Gasteiger partial charge in [-0.2, -0.15) is 0 Å². The third-order valence-electron chi connectivity index (χ3n) is 2.82. The number of aromatic nitrogens is 1. The van der Waals surface area contributed by atoms with E-state index in [-0.39, 0.29) is 6.03 Å². The van der Waals surface area contributed by atoms with Crippen LogP contribution in [0.3, 0.4) is 0 Å². The van der Waals surface area contributed by atoms with E-state index in [2.05, 4.69) is 10.3 Å². The molecule has 4 heteroatoms. The van der Waals surface area contributed by atoms with Crippen molar-refractivity contribution >= 4 is 6.03 Å². The summed E-state index contributed by atoms with van der Waals surface area (Å²) in [5.74, 6) is 0. The van der Waals surface area contributed by atoms with Crippen molar-refractivity contribution < 1.29 is 4.79 Å². The number of nitrogens with zero attached hydrogens (tertiary/aromatic N) is 2. The second-order valence-electron chi connectivity index (χ2n) is 4.49. The van der Waals surface area contributed by atoms with Crippen LogP contribution < -0.4 is 5.32 Å². The first kappa shape index (κ1) is 13.1. The van der Waals surface area contributed by atoms with Crippen LogP contribution in [0.2, 0.25) is 0 Å². The molecule has 0 aliphatic heterocycles. The van der Waals surface area contributed by atoms with Gasteiger partial charge in [0.1, 0.15) is 0 Å². The third kappa shape index (κ3) is 3.55. The molecule has 0 saturated carbocycles. The van der Waals surface area contributed by atoms with Crippen LogP contribution in [0.5, 0.6) is 0 Å². The maximum Gasteiger partial charge on any atom is 0.317 e. The molecule has 2 rings (SSSR count).